The van der Waals surface area contributed by atoms with E-state index in [9.17, 15) is 27.9 Å². The Labute approximate surface area is 309 Å². The van der Waals surface area contributed by atoms with Gasteiger partial charge in [-0.3, -0.25) is 19.3 Å². The molecule has 2 aromatic heterocycles. The number of aliphatic hydroxyl groups is 1. The molecule has 280 valence electrons. The summed E-state index contributed by atoms with van der Waals surface area (Å²) in [4.78, 5) is 50.3. The molecule has 3 aliphatic rings. The summed E-state index contributed by atoms with van der Waals surface area (Å²) >= 11 is 6.05. The van der Waals surface area contributed by atoms with Crippen molar-refractivity contribution in [2.24, 2.45) is 23.5 Å². The van der Waals surface area contributed by atoms with E-state index in [1.54, 1.807) is 10.6 Å². The van der Waals surface area contributed by atoms with E-state index in [2.05, 4.69) is 4.90 Å². The summed E-state index contributed by atoms with van der Waals surface area (Å²) in [7, 11) is -2.96. The number of aromatic nitrogens is 3. The number of amides is 2. The summed E-state index contributed by atoms with van der Waals surface area (Å²) in [6, 6.07) is 11.8. The number of likely N-dealkylation sites (tertiary alicyclic amines) is 1. The molecule has 1 saturated carbocycles. The number of ether oxygens (including phenoxy) is 1. The molecule has 3 aromatic rings. The summed E-state index contributed by atoms with van der Waals surface area (Å²) in [5.41, 5.74) is 8.91. The maximum absolute atomic E-state index is 14.0. The molecule has 2 aliphatic heterocycles. The maximum atomic E-state index is 14.0. The van der Waals surface area contributed by atoms with Gasteiger partial charge in [0, 0.05) is 37.5 Å². The molecule has 0 spiro atoms. The van der Waals surface area contributed by atoms with Crippen LogP contribution in [0.4, 0.5) is 5.95 Å². The highest BCUT2D eigenvalue weighted by Gasteiger charge is 2.46. The smallest absolute Gasteiger partial charge is 0.322 e. The number of nitrogens with two attached hydrogens (primary N) is 1. The Hall–Kier alpha value is -3.83. The Morgan fingerprint density at radius 3 is 2.38 bits per heavy atom. The minimum Gasteiger partial charge on any atom is -0.459 e. The second kappa shape index (κ2) is 15.6. The fourth-order valence-corrected chi connectivity index (χ4v) is 8.48. The van der Waals surface area contributed by atoms with Crippen molar-refractivity contribution in [3.8, 4) is 11.3 Å². The molecular formula is C36H47N7O7S2. The van der Waals surface area contributed by atoms with Crippen molar-refractivity contribution in [3.05, 3.63) is 48.0 Å². The zero-order chi connectivity index (χ0) is 37.3. The van der Waals surface area contributed by atoms with Gasteiger partial charge in [0.25, 0.3) is 5.95 Å². The third-order valence-electron chi connectivity index (χ3n) is 9.82. The van der Waals surface area contributed by atoms with Gasteiger partial charge in [-0.05, 0) is 49.8 Å². The van der Waals surface area contributed by atoms with Gasteiger partial charge in [0.15, 0.2) is 15.5 Å². The average Bonchev–Trinajstić information content (AvgIpc) is 3.74. The molecule has 2 saturated heterocycles. The minimum absolute atomic E-state index is 0.0394. The van der Waals surface area contributed by atoms with Gasteiger partial charge < -0.3 is 20.5 Å². The summed E-state index contributed by atoms with van der Waals surface area (Å²) in [5.74, 6) is -1.61. The first-order valence-corrected chi connectivity index (χ1v) is 20.1. The first-order valence-electron chi connectivity index (χ1n) is 17.9. The molecule has 4 heterocycles. The van der Waals surface area contributed by atoms with Crippen molar-refractivity contribution < 1.29 is 32.6 Å². The van der Waals surface area contributed by atoms with E-state index in [4.69, 9.17) is 32.8 Å². The Morgan fingerprint density at radius 1 is 1.08 bits per heavy atom. The number of aliphatic hydroxyl groups excluding tert-OH is 1. The standard InChI is InChI=1S/C36H47N7O7S2/c1-22(2)17-27(21-44)32(45)41-20-28(50-35(47)23(3)37)18-30(41)34(51)42(33(46)26-11-12-26)36-38-31-6-4-5-29(43(31)39-36)25-9-7-24(8-10-25)19-40-13-15-52(48,49)16-14-40/h4-10,22-23,26-28,30,44H,11-21,37H2,1-3H3/t23-,27-,28+,30+/m1/s1. The Kier molecular flexibility index (Phi) is 11.4. The molecule has 2 amide bonds. The molecule has 0 bridgehead atoms. The fourth-order valence-electron chi connectivity index (χ4n) is 6.81. The number of esters is 1. The molecule has 6 rings (SSSR count). The van der Waals surface area contributed by atoms with Gasteiger partial charge in [0.1, 0.15) is 17.1 Å². The van der Waals surface area contributed by atoms with Crippen molar-refractivity contribution in [1.82, 2.24) is 24.4 Å². The number of hydrogen-bond acceptors (Lipinski definition) is 12. The van der Waals surface area contributed by atoms with E-state index in [0.29, 0.717) is 44.5 Å². The normalized spacial score (nSPS) is 21.6. The predicted octanol–water partition coefficient (Wildman–Crippen LogP) is 2.21. The summed E-state index contributed by atoms with van der Waals surface area (Å²) in [6.07, 6.45) is 1.27. The first kappa shape index (κ1) is 37.9. The summed E-state index contributed by atoms with van der Waals surface area (Å²) in [5, 5.41) is 15.0. The molecule has 0 unspecified atom stereocenters. The third kappa shape index (κ3) is 8.52. The number of anilines is 1. The lowest BCUT2D eigenvalue weighted by Gasteiger charge is -2.32. The molecule has 52 heavy (non-hydrogen) atoms. The highest BCUT2D eigenvalue weighted by atomic mass is 32.2. The van der Waals surface area contributed by atoms with Gasteiger partial charge in [0.2, 0.25) is 11.8 Å². The van der Waals surface area contributed by atoms with Crippen molar-refractivity contribution in [2.75, 3.05) is 42.6 Å². The van der Waals surface area contributed by atoms with E-state index in [0.717, 1.165) is 16.8 Å². The van der Waals surface area contributed by atoms with Crippen LogP contribution in [-0.2, 0) is 35.5 Å². The van der Waals surface area contributed by atoms with Gasteiger partial charge in [-0.25, -0.2) is 17.8 Å². The third-order valence-corrected chi connectivity index (χ3v) is 11.9. The highest BCUT2D eigenvalue weighted by Crippen LogP contribution is 2.35. The van der Waals surface area contributed by atoms with E-state index in [1.165, 1.54) is 16.7 Å². The molecule has 0 radical (unpaired) electrons. The van der Waals surface area contributed by atoms with Gasteiger partial charge in [-0.2, -0.15) is 4.98 Å². The van der Waals surface area contributed by atoms with Gasteiger partial charge in [-0.15, -0.1) is 5.10 Å². The molecule has 3 N–H and O–H groups in total. The number of hydrogen-bond donors (Lipinski definition) is 2. The number of carbonyl (C=O) groups is 3. The van der Waals surface area contributed by atoms with E-state index >= 15 is 0 Å². The number of nitrogens with zero attached hydrogens (tertiary/aromatic N) is 6. The molecule has 4 atom stereocenters. The molecular weight excluding hydrogens is 707 g/mol. The van der Waals surface area contributed by atoms with Crippen LogP contribution in [0.15, 0.2) is 42.5 Å². The lowest BCUT2D eigenvalue weighted by atomic mass is 9.96. The number of fused-ring (bicyclic) bond motifs is 1. The monoisotopic (exact) mass is 753 g/mol. The van der Waals surface area contributed by atoms with Crippen LogP contribution in [0.5, 0.6) is 0 Å². The second-order valence-electron chi connectivity index (χ2n) is 14.6. The molecule has 16 heteroatoms. The average molecular weight is 754 g/mol. The van der Waals surface area contributed by atoms with Crippen molar-refractivity contribution in [3.63, 3.8) is 0 Å². The predicted molar refractivity (Wildman–Crippen MR) is 199 cm³/mol. The number of carbonyl (C=O) groups excluding carboxylic acids is 3. The number of sulfone groups is 1. The minimum atomic E-state index is -2.96. The van der Waals surface area contributed by atoms with Crippen LogP contribution < -0.4 is 10.6 Å². The van der Waals surface area contributed by atoms with Gasteiger partial charge in [0.05, 0.1) is 42.3 Å². The fraction of sp³-hybridized carbons (Fsp3) is 0.556. The number of rotatable bonds is 12. The summed E-state index contributed by atoms with van der Waals surface area (Å²) in [6.45, 7) is 6.80. The van der Waals surface area contributed by atoms with Crippen LogP contribution in [0.2, 0.25) is 0 Å². The molecule has 3 fully saturated rings. The zero-order valence-corrected chi connectivity index (χ0v) is 31.4. The van der Waals surface area contributed by atoms with E-state index in [1.807, 2.05) is 50.2 Å². The Bertz CT molecular complexity index is 1910. The number of benzene rings is 1. The van der Waals surface area contributed by atoms with Gasteiger partial charge in [-0.1, -0.05) is 56.4 Å². The van der Waals surface area contributed by atoms with Crippen LogP contribution in [0.3, 0.4) is 0 Å². The summed E-state index contributed by atoms with van der Waals surface area (Å²) < 4.78 is 31.0. The van der Waals surface area contributed by atoms with Crippen LogP contribution in [-0.4, -0.2) is 117 Å². The number of thiocarbonyl (C=S) groups is 1. The topological polar surface area (TPSA) is 181 Å². The quantitative estimate of drug-likeness (QED) is 0.204. The maximum Gasteiger partial charge on any atom is 0.322 e. The highest BCUT2D eigenvalue weighted by molar-refractivity contribution is 7.91. The lowest BCUT2D eigenvalue weighted by molar-refractivity contribution is -0.150. The number of pyridine rings is 1. The van der Waals surface area contributed by atoms with Crippen LogP contribution in [0.1, 0.15) is 52.0 Å². The zero-order valence-electron chi connectivity index (χ0n) is 29.8. The van der Waals surface area contributed by atoms with Crippen molar-refractivity contribution >= 4 is 56.4 Å². The lowest BCUT2D eigenvalue weighted by Crippen LogP contribution is -2.51. The molecule has 1 aliphatic carbocycles. The van der Waals surface area contributed by atoms with E-state index in [-0.39, 0.29) is 65.7 Å². The SMILES string of the molecule is CC(C)C[C@H](CO)C(=O)N1C[C@@H](OC(=O)[C@@H](C)N)C[C@H]1C(=S)N(C(=O)C1CC1)c1nc2cccc(-c3ccc(CN4CCS(=O)(=O)CC4)cc3)n2n1. The second-order valence-corrected chi connectivity index (χ2v) is 17.3. The molecule has 14 nitrogen and oxygen atoms in total. The van der Waals surface area contributed by atoms with Crippen molar-refractivity contribution in [1.29, 1.82) is 0 Å². The van der Waals surface area contributed by atoms with Crippen molar-refractivity contribution in [2.45, 2.75) is 71.2 Å². The molecule has 1 aromatic carbocycles. The largest absolute Gasteiger partial charge is 0.459 e. The van der Waals surface area contributed by atoms with Crippen LogP contribution in [0.25, 0.3) is 16.9 Å². The Balaban J connectivity index is 1.29. The van der Waals surface area contributed by atoms with Crippen LogP contribution >= 0.6 is 12.2 Å². The first-order chi connectivity index (χ1) is 24.7. The van der Waals surface area contributed by atoms with Crippen LogP contribution in [0, 0.1) is 17.8 Å². The van der Waals surface area contributed by atoms with Gasteiger partial charge >= 0.3 is 5.97 Å². The Morgan fingerprint density at radius 2 is 1.77 bits per heavy atom. The van der Waals surface area contributed by atoms with E-state index < -0.39 is 39.9 Å².